The van der Waals surface area contributed by atoms with Crippen molar-refractivity contribution in [2.45, 2.75) is 25.8 Å². The van der Waals surface area contributed by atoms with Gasteiger partial charge in [-0.1, -0.05) is 0 Å². The zero-order valence-electron chi connectivity index (χ0n) is 13.7. The number of carbonyl (C=O) groups is 1. The Labute approximate surface area is 144 Å². The van der Waals surface area contributed by atoms with Crippen molar-refractivity contribution < 1.29 is 14.1 Å². The van der Waals surface area contributed by atoms with Gasteiger partial charge in [-0.05, 0) is 67.3 Å². The number of hydrogen-bond donors (Lipinski definition) is 0. The van der Waals surface area contributed by atoms with Crippen LogP contribution in [0.2, 0.25) is 0 Å². The molecule has 0 unspecified atom stereocenters. The largest absolute Gasteiger partial charge is 0.306 e. The maximum atomic E-state index is 13.4. The van der Waals surface area contributed by atoms with Crippen LogP contribution in [-0.4, -0.2) is 16.9 Å². The molecule has 5 nitrogen and oxygen atoms in total. The van der Waals surface area contributed by atoms with E-state index in [0.29, 0.717) is 5.56 Å². The molecular weight excluding hydrogens is 323 g/mol. The van der Waals surface area contributed by atoms with Crippen molar-refractivity contribution in [1.29, 1.82) is 0 Å². The van der Waals surface area contributed by atoms with Crippen LogP contribution >= 0.6 is 0 Å². The highest BCUT2D eigenvalue weighted by Gasteiger charge is 2.27. The van der Waals surface area contributed by atoms with Crippen molar-refractivity contribution in [2.24, 2.45) is 0 Å². The molecule has 1 heterocycles. The molecule has 0 radical (unpaired) electrons. The van der Waals surface area contributed by atoms with Gasteiger partial charge in [-0.2, -0.15) is 0 Å². The molecule has 2 aromatic rings. The van der Waals surface area contributed by atoms with E-state index in [2.05, 4.69) is 0 Å². The number of halogens is 1. The number of carbonyl (C=O) groups excluding carboxylic acids is 1. The molecule has 0 aliphatic carbocycles. The van der Waals surface area contributed by atoms with E-state index in [1.54, 1.807) is 29.2 Å². The summed E-state index contributed by atoms with van der Waals surface area (Å²) < 4.78 is 13.4. The van der Waals surface area contributed by atoms with Gasteiger partial charge in [0.25, 0.3) is 11.6 Å². The topological polar surface area (TPSA) is 63.5 Å². The van der Waals surface area contributed by atoms with Gasteiger partial charge < -0.3 is 4.90 Å². The molecule has 1 amide bonds. The van der Waals surface area contributed by atoms with Crippen molar-refractivity contribution in [3.8, 4) is 0 Å². The highest BCUT2D eigenvalue weighted by molar-refractivity contribution is 6.05. The van der Waals surface area contributed by atoms with Gasteiger partial charge in [-0.15, -0.1) is 0 Å². The zero-order valence-corrected chi connectivity index (χ0v) is 13.7. The standard InChI is InChI=1S/C19H17FN2O3/c1-13-2-6-15-12-16(20)7-10-18(15)21(13)19(23)11-5-14-3-8-17(9-4-14)22(24)25/h3-5,7-13H,2,6H2,1H3/b11-5+/t13-/m1/s1. The first-order chi connectivity index (χ1) is 12.0. The lowest BCUT2D eigenvalue weighted by atomic mass is 9.96. The number of rotatable bonds is 3. The minimum atomic E-state index is -0.468. The van der Waals surface area contributed by atoms with Crippen LogP contribution in [0.5, 0.6) is 0 Å². The van der Waals surface area contributed by atoms with Crippen molar-refractivity contribution in [3.05, 3.63) is 75.6 Å². The van der Waals surface area contributed by atoms with Gasteiger partial charge in [0.1, 0.15) is 5.82 Å². The number of benzene rings is 2. The van der Waals surface area contributed by atoms with E-state index in [-0.39, 0.29) is 23.5 Å². The summed E-state index contributed by atoms with van der Waals surface area (Å²) in [5.74, 6) is -0.500. The maximum absolute atomic E-state index is 13.4. The molecule has 25 heavy (non-hydrogen) atoms. The van der Waals surface area contributed by atoms with Gasteiger partial charge >= 0.3 is 0 Å². The Morgan fingerprint density at radius 1 is 1.28 bits per heavy atom. The molecule has 0 fully saturated rings. The maximum Gasteiger partial charge on any atom is 0.269 e. The molecule has 0 saturated heterocycles. The molecule has 1 aliphatic heterocycles. The van der Waals surface area contributed by atoms with E-state index in [1.165, 1.54) is 30.3 Å². The molecule has 0 aromatic heterocycles. The number of non-ortho nitro benzene ring substituents is 1. The predicted molar refractivity (Wildman–Crippen MR) is 93.8 cm³/mol. The van der Waals surface area contributed by atoms with Crippen LogP contribution in [-0.2, 0) is 11.2 Å². The lowest BCUT2D eigenvalue weighted by molar-refractivity contribution is -0.384. The molecule has 2 aromatic carbocycles. The van der Waals surface area contributed by atoms with Crippen LogP contribution in [0.4, 0.5) is 15.8 Å². The lowest BCUT2D eigenvalue weighted by Crippen LogP contribution is -2.41. The smallest absolute Gasteiger partial charge is 0.269 e. The molecule has 6 heteroatoms. The second kappa shape index (κ2) is 6.84. The molecule has 0 spiro atoms. The molecule has 128 valence electrons. The first kappa shape index (κ1) is 16.8. The fourth-order valence-corrected chi connectivity index (χ4v) is 3.01. The van der Waals surface area contributed by atoms with Gasteiger partial charge in [-0.25, -0.2) is 4.39 Å². The number of fused-ring (bicyclic) bond motifs is 1. The van der Waals surface area contributed by atoms with Gasteiger partial charge in [-0.3, -0.25) is 14.9 Å². The summed E-state index contributed by atoms with van der Waals surface area (Å²) in [6.07, 6.45) is 4.57. The highest BCUT2D eigenvalue weighted by Crippen LogP contribution is 2.31. The van der Waals surface area contributed by atoms with Crippen LogP contribution in [0, 0.1) is 15.9 Å². The summed E-state index contributed by atoms with van der Waals surface area (Å²) in [6, 6.07) is 10.5. The van der Waals surface area contributed by atoms with Gasteiger partial charge in [0.15, 0.2) is 0 Å². The van der Waals surface area contributed by atoms with Gasteiger partial charge in [0.05, 0.1) is 4.92 Å². The summed E-state index contributed by atoms with van der Waals surface area (Å²) in [7, 11) is 0. The Morgan fingerprint density at radius 2 is 2.00 bits per heavy atom. The Hall–Kier alpha value is -3.02. The van der Waals surface area contributed by atoms with Gasteiger partial charge in [0.2, 0.25) is 0 Å². The number of hydrogen-bond acceptors (Lipinski definition) is 3. The van der Waals surface area contributed by atoms with E-state index < -0.39 is 4.92 Å². The zero-order chi connectivity index (χ0) is 18.0. The summed E-state index contributed by atoms with van der Waals surface area (Å²) >= 11 is 0. The third-order valence-electron chi connectivity index (χ3n) is 4.33. The average molecular weight is 340 g/mol. The molecule has 0 N–H and O–H groups in total. The Bertz CT molecular complexity index is 846. The predicted octanol–water partition coefficient (Wildman–Crippen LogP) is 4.12. The van der Waals surface area contributed by atoms with Crippen LogP contribution < -0.4 is 4.90 Å². The summed E-state index contributed by atoms with van der Waals surface area (Å²) in [6.45, 7) is 1.96. The second-order valence-electron chi connectivity index (χ2n) is 6.05. The number of amides is 1. The fraction of sp³-hybridized carbons (Fsp3) is 0.211. The number of nitro benzene ring substituents is 1. The first-order valence-corrected chi connectivity index (χ1v) is 8.00. The fourth-order valence-electron chi connectivity index (χ4n) is 3.01. The minimum absolute atomic E-state index is 0.00378. The summed E-state index contributed by atoms with van der Waals surface area (Å²) in [5, 5.41) is 10.7. The molecular formula is C19H17FN2O3. The van der Waals surface area contributed by atoms with E-state index in [1.807, 2.05) is 6.92 Å². The molecule has 0 saturated carbocycles. The van der Waals surface area contributed by atoms with E-state index in [4.69, 9.17) is 0 Å². The highest BCUT2D eigenvalue weighted by atomic mass is 19.1. The third kappa shape index (κ3) is 3.57. The number of nitrogens with zero attached hydrogens (tertiary/aromatic N) is 2. The van der Waals surface area contributed by atoms with Crippen LogP contribution in [0.15, 0.2) is 48.5 Å². The van der Waals surface area contributed by atoms with Crippen molar-refractivity contribution in [3.63, 3.8) is 0 Å². The molecule has 3 rings (SSSR count). The van der Waals surface area contributed by atoms with Gasteiger partial charge in [0, 0.05) is 29.9 Å². The monoisotopic (exact) mass is 340 g/mol. The Morgan fingerprint density at radius 3 is 2.68 bits per heavy atom. The Kier molecular flexibility index (Phi) is 4.61. The molecule has 0 bridgehead atoms. The average Bonchev–Trinajstić information content (AvgIpc) is 2.60. The second-order valence-corrected chi connectivity index (χ2v) is 6.05. The Balaban J connectivity index is 1.82. The lowest BCUT2D eigenvalue weighted by Gasteiger charge is -2.34. The SMILES string of the molecule is C[C@@H]1CCc2cc(F)ccc2N1C(=O)/C=C/c1ccc([N+](=O)[O-])cc1. The summed E-state index contributed by atoms with van der Waals surface area (Å²) in [4.78, 5) is 24.5. The van der Waals surface area contributed by atoms with Crippen LogP contribution in [0.3, 0.4) is 0 Å². The number of nitro groups is 1. The quantitative estimate of drug-likeness (QED) is 0.480. The number of anilines is 1. The number of aryl methyl sites for hydroxylation is 1. The van der Waals surface area contributed by atoms with Crippen molar-refractivity contribution >= 4 is 23.4 Å². The summed E-state index contributed by atoms with van der Waals surface area (Å²) in [5.41, 5.74) is 2.26. The molecule has 1 atom stereocenters. The van der Waals surface area contributed by atoms with Crippen LogP contribution in [0.25, 0.3) is 6.08 Å². The van der Waals surface area contributed by atoms with Crippen LogP contribution in [0.1, 0.15) is 24.5 Å². The normalized spacial score (nSPS) is 16.7. The van der Waals surface area contributed by atoms with E-state index in [9.17, 15) is 19.3 Å². The minimum Gasteiger partial charge on any atom is -0.306 e. The first-order valence-electron chi connectivity index (χ1n) is 8.00. The van der Waals surface area contributed by atoms with Crippen molar-refractivity contribution in [2.75, 3.05) is 4.90 Å². The van der Waals surface area contributed by atoms with E-state index in [0.717, 1.165) is 24.1 Å². The van der Waals surface area contributed by atoms with Crippen molar-refractivity contribution in [1.82, 2.24) is 0 Å². The third-order valence-corrected chi connectivity index (χ3v) is 4.33. The molecule has 1 aliphatic rings. The van der Waals surface area contributed by atoms with E-state index >= 15 is 0 Å².